The number of aromatic nitrogens is 4. The van der Waals surface area contributed by atoms with Crippen LogP contribution in [0.15, 0.2) is 72.8 Å². The summed E-state index contributed by atoms with van der Waals surface area (Å²) in [6.07, 6.45) is -0.826. The number of nitrogens with zero attached hydrogens (tertiary/aromatic N) is 4. The fourth-order valence-electron chi connectivity index (χ4n) is 7.67. The zero-order valence-corrected chi connectivity index (χ0v) is 31.0. The average Bonchev–Trinajstić information content (AvgIpc) is 3.80. The SMILES string of the molecule is Cc1n[nH]c2c(C(F)(F)F)cc(C(=O)Nc3ccc4c(c3)nc(CN3CC=C(c5cccc6c5OC(C)(c5ccc(Cl)cc5F)O6)CC3)n4C[C@@H]3CCO3)cc12. The highest BCUT2D eigenvalue weighted by Gasteiger charge is 2.42. The number of para-hydroxylation sites is 1. The molecule has 1 saturated heterocycles. The smallest absolute Gasteiger partial charge is 0.418 e. The van der Waals surface area contributed by atoms with Crippen molar-refractivity contribution >= 4 is 50.7 Å². The summed E-state index contributed by atoms with van der Waals surface area (Å²) in [6.45, 7) is 6.48. The van der Waals surface area contributed by atoms with Crippen molar-refractivity contribution in [1.82, 2.24) is 24.6 Å². The zero-order valence-electron chi connectivity index (χ0n) is 30.3. The number of rotatable bonds is 8. The molecule has 3 aliphatic rings. The summed E-state index contributed by atoms with van der Waals surface area (Å²) in [6, 6.07) is 17.7. The first-order chi connectivity index (χ1) is 26.8. The van der Waals surface area contributed by atoms with Gasteiger partial charge in [0.05, 0.1) is 52.6 Å². The minimum atomic E-state index is -4.68. The zero-order chi connectivity index (χ0) is 38.9. The lowest BCUT2D eigenvalue weighted by molar-refractivity contribution is -0.136. The fraction of sp³-hybridized carbons (Fsp3) is 0.293. The first kappa shape index (κ1) is 36.2. The Hall–Kier alpha value is -5.44. The van der Waals surface area contributed by atoms with Crippen LogP contribution in [0.5, 0.6) is 11.5 Å². The average molecular weight is 787 g/mol. The van der Waals surface area contributed by atoms with Gasteiger partial charge in [0.1, 0.15) is 11.6 Å². The molecule has 288 valence electrons. The van der Waals surface area contributed by atoms with Crippen LogP contribution in [0.4, 0.5) is 23.2 Å². The van der Waals surface area contributed by atoms with Gasteiger partial charge in [-0.15, -0.1) is 0 Å². The second kappa shape index (κ2) is 13.6. The monoisotopic (exact) mass is 786 g/mol. The number of ether oxygens (including phenoxy) is 3. The van der Waals surface area contributed by atoms with Gasteiger partial charge in [-0.2, -0.15) is 18.3 Å². The van der Waals surface area contributed by atoms with Crippen molar-refractivity contribution in [2.24, 2.45) is 0 Å². The molecule has 9 rings (SSSR count). The molecule has 0 radical (unpaired) electrons. The summed E-state index contributed by atoms with van der Waals surface area (Å²) in [5, 5.41) is 9.63. The number of aryl methyl sites for hydroxylation is 1. The molecule has 2 aromatic heterocycles. The number of fused-ring (bicyclic) bond motifs is 3. The van der Waals surface area contributed by atoms with Crippen molar-refractivity contribution in [3.05, 3.63) is 117 Å². The maximum atomic E-state index is 14.9. The van der Waals surface area contributed by atoms with Crippen molar-refractivity contribution in [2.75, 3.05) is 25.0 Å². The van der Waals surface area contributed by atoms with Crippen LogP contribution >= 0.6 is 11.6 Å². The number of aromatic amines is 1. The Balaban J connectivity index is 0.945. The molecule has 0 aliphatic carbocycles. The first-order valence-electron chi connectivity index (χ1n) is 18.2. The molecular formula is C41H35ClF4N6O4. The lowest BCUT2D eigenvalue weighted by atomic mass is 9.98. The van der Waals surface area contributed by atoms with Gasteiger partial charge in [0.25, 0.3) is 11.7 Å². The predicted octanol–water partition coefficient (Wildman–Crippen LogP) is 9.01. The van der Waals surface area contributed by atoms with E-state index in [0.29, 0.717) is 61.1 Å². The maximum Gasteiger partial charge on any atom is 0.418 e. The Morgan fingerprint density at radius 1 is 1.11 bits per heavy atom. The van der Waals surface area contributed by atoms with Crippen LogP contribution in [0.3, 0.4) is 0 Å². The molecule has 4 aromatic carbocycles. The molecule has 6 aromatic rings. The maximum absolute atomic E-state index is 14.9. The van der Waals surface area contributed by atoms with Crippen molar-refractivity contribution in [1.29, 1.82) is 0 Å². The van der Waals surface area contributed by atoms with E-state index in [1.165, 1.54) is 12.1 Å². The Labute approximate surface area is 323 Å². The summed E-state index contributed by atoms with van der Waals surface area (Å²) in [4.78, 5) is 20.6. The van der Waals surface area contributed by atoms with Crippen LogP contribution in [0, 0.1) is 12.7 Å². The molecule has 5 heterocycles. The van der Waals surface area contributed by atoms with Crippen LogP contribution in [0.2, 0.25) is 5.02 Å². The second-order valence-electron chi connectivity index (χ2n) is 14.5. The number of hydrogen-bond donors (Lipinski definition) is 2. The lowest BCUT2D eigenvalue weighted by Gasteiger charge is -2.29. The minimum absolute atomic E-state index is 0.0527. The number of halogens is 5. The van der Waals surface area contributed by atoms with E-state index in [4.69, 9.17) is 30.8 Å². The number of benzene rings is 4. The van der Waals surface area contributed by atoms with E-state index in [2.05, 4.69) is 31.1 Å². The standard InChI is InChI=1S/C41H35ClF4N6O4/c1-22-29-16-24(17-31(41(44,45)46)37(29)50-49-22)39(53)47-26-7-9-34-33(19-26)48-36(52(34)20-27-12-15-54-27)21-51-13-10-23(11-14-51)28-4-3-5-35-38(28)56-40(2,55-35)30-8-6-25(42)18-32(30)43/h3-10,16-19,27H,11-15,20-21H2,1-2H3,(H,47,53)(H,49,50)/t27-,40?/m0/s1. The Kier molecular flexibility index (Phi) is 8.82. The summed E-state index contributed by atoms with van der Waals surface area (Å²) in [5.41, 5.74) is 3.22. The van der Waals surface area contributed by atoms with Gasteiger partial charge >= 0.3 is 6.18 Å². The van der Waals surface area contributed by atoms with Gasteiger partial charge in [-0.25, -0.2) is 9.37 Å². The highest BCUT2D eigenvalue weighted by atomic mass is 35.5. The molecule has 15 heteroatoms. The summed E-state index contributed by atoms with van der Waals surface area (Å²) in [7, 11) is 0. The molecule has 10 nitrogen and oxygen atoms in total. The third-order valence-corrected chi connectivity index (χ3v) is 10.9. The van der Waals surface area contributed by atoms with E-state index in [9.17, 15) is 22.4 Å². The van der Waals surface area contributed by atoms with Gasteiger partial charge < -0.3 is 24.1 Å². The number of H-pyrrole nitrogens is 1. The first-order valence-corrected chi connectivity index (χ1v) is 18.6. The number of carbonyl (C=O) groups excluding carboxylic acids is 1. The number of carbonyl (C=O) groups is 1. The molecule has 0 bridgehead atoms. The van der Waals surface area contributed by atoms with Crippen LogP contribution < -0.4 is 14.8 Å². The third-order valence-electron chi connectivity index (χ3n) is 10.7. The molecule has 2 atom stereocenters. The number of nitrogens with one attached hydrogen (secondary N) is 2. The molecule has 2 N–H and O–H groups in total. The lowest BCUT2D eigenvalue weighted by Crippen LogP contribution is -2.33. The summed E-state index contributed by atoms with van der Waals surface area (Å²) in [5.74, 6) is -0.634. The van der Waals surface area contributed by atoms with Crippen molar-refractivity contribution in [2.45, 2.75) is 57.8 Å². The van der Waals surface area contributed by atoms with Crippen molar-refractivity contribution in [3.8, 4) is 11.5 Å². The Morgan fingerprint density at radius 3 is 2.68 bits per heavy atom. The highest BCUT2D eigenvalue weighted by molar-refractivity contribution is 6.30. The largest absolute Gasteiger partial charge is 0.444 e. The van der Waals surface area contributed by atoms with E-state index < -0.39 is 29.3 Å². The van der Waals surface area contributed by atoms with Crippen LogP contribution in [0.25, 0.3) is 27.5 Å². The number of hydrogen-bond acceptors (Lipinski definition) is 7. The number of alkyl halides is 3. The number of imidazole rings is 1. The number of anilines is 1. The Bertz CT molecular complexity index is 2580. The van der Waals surface area contributed by atoms with Gasteiger partial charge in [-0.3, -0.25) is 14.8 Å². The van der Waals surface area contributed by atoms with Crippen molar-refractivity contribution in [3.63, 3.8) is 0 Å². The van der Waals surface area contributed by atoms with E-state index >= 15 is 0 Å². The molecule has 1 amide bonds. The Morgan fingerprint density at radius 2 is 1.95 bits per heavy atom. The minimum Gasteiger partial charge on any atom is -0.444 e. The van der Waals surface area contributed by atoms with Crippen LogP contribution in [-0.2, 0) is 29.8 Å². The molecule has 56 heavy (non-hydrogen) atoms. The molecule has 1 fully saturated rings. The quantitative estimate of drug-likeness (QED) is 0.148. The van der Waals surface area contributed by atoms with Gasteiger partial charge in [0.2, 0.25) is 0 Å². The van der Waals surface area contributed by atoms with Crippen LogP contribution in [0.1, 0.15) is 58.3 Å². The molecular weight excluding hydrogens is 752 g/mol. The van der Waals surface area contributed by atoms with Gasteiger partial charge in [-0.05, 0) is 79.9 Å². The van der Waals surface area contributed by atoms with Crippen molar-refractivity contribution < 1.29 is 36.6 Å². The molecule has 1 unspecified atom stereocenters. The van der Waals surface area contributed by atoms with E-state index in [1.807, 2.05) is 24.3 Å². The summed E-state index contributed by atoms with van der Waals surface area (Å²) >= 11 is 5.99. The van der Waals surface area contributed by atoms with Gasteiger partial charge in [0.15, 0.2) is 11.5 Å². The van der Waals surface area contributed by atoms with Gasteiger partial charge in [-0.1, -0.05) is 29.8 Å². The van der Waals surface area contributed by atoms with E-state index in [0.717, 1.165) is 41.5 Å². The number of amides is 1. The second-order valence-corrected chi connectivity index (χ2v) is 14.9. The third kappa shape index (κ3) is 6.54. The fourth-order valence-corrected chi connectivity index (χ4v) is 7.83. The molecule has 3 aliphatic heterocycles. The topological polar surface area (TPSA) is 107 Å². The van der Waals surface area contributed by atoms with Gasteiger partial charge in [0, 0.05) is 53.8 Å². The van der Waals surface area contributed by atoms with E-state index in [1.54, 1.807) is 38.1 Å². The van der Waals surface area contributed by atoms with E-state index in [-0.39, 0.29) is 33.2 Å². The predicted molar refractivity (Wildman–Crippen MR) is 202 cm³/mol. The normalized spacial score (nSPS) is 19.7. The highest BCUT2D eigenvalue weighted by Crippen LogP contribution is 2.49. The van der Waals surface area contributed by atoms with Crippen LogP contribution in [-0.4, -0.2) is 56.4 Å². The summed E-state index contributed by atoms with van der Waals surface area (Å²) < 4.78 is 77.1. The molecule has 0 spiro atoms. The molecule has 0 saturated carbocycles.